The summed E-state index contributed by atoms with van der Waals surface area (Å²) in [5.41, 5.74) is 3.83. The predicted octanol–water partition coefficient (Wildman–Crippen LogP) is 3.25. The maximum absolute atomic E-state index is 5.39. The molecule has 1 saturated heterocycles. The van der Waals surface area contributed by atoms with Gasteiger partial charge in [-0.25, -0.2) is 4.98 Å². The van der Waals surface area contributed by atoms with E-state index < -0.39 is 0 Å². The molecular formula is C16H23N3O. The van der Waals surface area contributed by atoms with E-state index in [-0.39, 0.29) is 0 Å². The number of anilines is 1. The fourth-order valence-corrected chi connectivity index (χ4v) is 3.20. The summed E-state index contributed by atoms with van der Waals surface area (Å²) in [6, 6.07) is 2.12. The van der Waals surface area contributed by atoms with Crippen molar-refractivity contribution < 1.29 is 4.74 Å². The molecule has 0 bridgehead atoms. The van der Waals surface area contributed by atoms with Gasteiger partial charge < -0.3 is 14.2 Å². The molecule has 0 aromatic carbocycles. The number of hydrogen-bond donors (Lipinski definition) is 0. The number of pyridine rings is 1. The fourth-order valence-electron chi connectivity index (χ4n) is 3.20. The third-order valence-electron chi connectivity index (χ3n) is 4.44. The number of nitrogens with zero attached hydrogens (tertiary/aromatic N) is 3. The molecule has 1 aliphatic heterocycles. The molecule has 0 spiro atoms. The van der Waals surface area contributed by atoms with Crippen LogP contribution in [0, 0.1) is 13.8 Å². The lowest BCUT2D eigenvalue weighted by Crippen LogP contribution is -2.30. The number of fused-ring (bicyclic) bond motifs is 1. The average molecular weight is 273 g/mol. The summed E-state index contributed by atoms with van der Waals surface area (Å²) in [4.78, 5) is 7.10. The van der Waals surface area contributed by atoms with Gasteiger partial charge in [-0.1, -0.05) is 0 Å². The Morgan fingerprint density at radius 3 is 2.65 bits per heavy atom. The Morgan fingerprint density at radius 1 is 1.20 bits per heavy atom. The standard InChI is InChI=1S/C16H23N3O/c1-12-13(2)19(11-20-3)15-14(12)7-8-17-16(15)18-9-5-4-6-10-18/h7-8H,4-6,9-11H2,1-3H3. The number of piperidine rings is 1. The molecule has 1 aliphatic rings. The van der Waals surface area contributed by atoms with Crippen molar-refractivity contribution in [1.82, 2.24) is 9.55 Å². The Labute approximate surface area is 120 Å². The molecule has 0 atom stereocenters. The van der Waals surface area contributed by atoms with Crippen molar-refractivity contribution in [3.63, 3.8) is 0 Å². The zero-order valence-corrected chi connectivity index (χ0v) is 12.6. The van der Waals surface area contributed by atoms with E-state index in [0.29, 0.717) is 6.73 Å². The molecule has 108 valence electrons. The molecule has 0 radical (unpaired) electrons. The largest absolute Gasteiger partial charge is 0.364 e. The van der Waals surface area contributed by atoms with Crippen molar-refractivity contribution in [2.75, 3.05) is 25.1 Å². The van der Waals surface area contributed by atoms with Crippen LogP contribution in [0.2, 0.25) is 0 Å². The van der Waals surface area contributed by atoms with E-state index in [1.54, 1.807) is 7.11 Å². The van der Waals surface area contributed by atoms with Gasteiger partial charge in [0.15, 0.2) is 5.82 Å². The SMILES string of the molecule is COCn1c(C)c(C)c2ccnc(N3CCCCC3)c21. The molecule has 3 rings (SSSR count). The lowest BCUT2D eigenvalue weighted by molar-refractivity contribution is 0.133. The first-order valence-electron chi connectivity index (χ1n) is 7.42. The molecule has 4 nitrogen and oxygen atoms in total. The van der Waals surface area contributed by atoms with Crippen LogP contribution in [0.1, 0.15) is 30.5 Å². The highest BCUT2D eigenvalue weighted by Crippen LogP contribution is 2.32. The molecule has 0 saturated carbocycles. The summed E-state index contributed by atoms with van der Waals surface area (Å²) in [7, 11) is 1.75. The minimum absolute atomic E-state index is 0.586. The molecule has 2 aromatic rings. The first kappa shape index (κ1) is 13.4. The fraction of sp³-hybridized carbons (Fsp3) is 0.562. The van der Waals surface area contributed by atoms with Crippen LogP contribution in [0.4, 0.5) is 5.82 Å². The lowest BCUT2D eigenvalue weighted by atomic mass is 10.1. The zero-order valence-electron chi connectivity index (χ0n) is 12.6. The second-order valence-corrected chi connectivity index (χ2v) is 5.63. The first-order valence-corrected chi connectivity index (χ1v) is 7.42. The van der Waals surface area contributed by atoms with Crippen LogP contribution in [0.15, 0.2) is 12.3 Å². The van der Waals surface area contributed by atoms with E-state index in [0.717, 1.165) is 18.9 Å². The average Bonchev–Trinajstić information content (AvgIpc) is 2.74. The molecular weight excluding hydrogens is 250 g/mol. The van der Waals surface area contributed by atoms with Crippen molar-refractivity contribution in [3.05, 3.63) is 23.5 Å². The van der Waals surface area contributed by atoms with E-state index in [4.69, 9.17) is 4.74 Å². The van der Waals surface area contributed by atoms with Crippen molar-refractivity contribution in [2.45, 2.75) is 39.8 Å². The molecule has 2 aromatic heterocycles. The van der Waals surface area contributed by atoms with Crippen molar-refractivity contribution >= 4 is 16.7 Å². The zero-order chi connectivity index (χ0) is 14.1. The molecule has 0 amide bonds. The van der Waals surface area contributed by atoms with E-state index in [2.05, 4.69) is 34.4 Å². The normalized spacial score (nSPS) is 16.1. The molecule has 0 unspecified atom stereocenters. The van der Waals surface area contributed by atoms with Crippen molar-refractivity contribution in [3.8, 4) is 0 Å². The van der Waals surface area contributed by atoms with Gasteiger partial charge in [0.2, 0.25) is 0 Å². The summed E-state index contributed by atoms with van der Waals surface area (Å²) in [5, 5.41) is 1.30. The Hall–Kier alpha value is -1.55. The van der Waals surface area contributed by atoms with Crippen LogP contribution < -0.4 is 4.90 Å². The van der Waals surface area contributed by atoms with Crippen LogP contribution in [-0.4, -0.2) is 29.8 Å². The monoisotopic (exact) mass is 273 g/mol. The number of methoxy groups -OCH3 is 1. The van der Waals surface area contributed by atoms with Gasteiger partial charge >= 0.3 is 0 Å². The Kier molecular flexibility index (Phi) is 3.66. The smallest absolute Gasteiger partial charge is 0.153 e. The molecule has 4 heteroatoms. The summed E-state index contributed by atoms with van der Waals surface area (Å²) >= 11 is 0. The van der Waals surface area contributed by atoms with Gasteiger partial charge in [0.25, 0.3) is 0 Å². The Morgan fingerprint density at radius 2 is 1.95 bits per heavy atom. The topological polar surface area (TPSA) is 30.3 Å². The highest BCUT2D eigenvalue weighted by Gasteiger charge is 2.20. The maximum Gasteiger partial charge on any atom is 0.153 e. The lowest BCUT2D eigenvalue weighted by Gasteiger charge is -2.28. The number of aromatic nitrogens is 2. The Balaban J connectivity index is 2.18. The summed E-state index contributed by atoms with van der Waals surface area (Å²) < 4.78 is 7.64. The van der Waals surface area contributed by atoms with E-state index in [1.165, 1.54) is 41.4 Å². The van der Waals surface area contributed by atoms with Gasteiger partial charge in [-0.05, 0) is 44.7 Å². The summed E-state index contributed by atoms with van der Waals surface area (Å²) in [6.45, 7) is 7.16. The van der Waals surface area contributed by atoms with E-state index in [9.17, 15) is 0 Å². The third kappa shape index (κ3) is 2.08. The van der Waals surface area contributed by atoms with Crippen LogP contribution >= 0.6 is 0 Å². The van der Waals surface area contributed by atoms with Crippen LogP contribution in [0.25, 0.3) is 10.9 Å². The van der Waals surface area contributed by atoms with Gasteiger partial charge in [0, 0.05) is 37.5 Å². The van der Waals surface area contributed by atoms with E-state index >= 15 is 0 Å². The molecule has 1 fully saturated rings. The van der Waals surface area contributed by atoms with Gasteiger partial charge in [-0.3, -0.25) is 0 Å². The van der Waals surface area contributed by atoms with Gasteiger partial charge in [-0.2, -0.15) is 0 Å². The van der Waals surface area contributed by atoms with Crippen LogP contribution in [-0.2, 0) is 11.5 Å². The number of hydrogen-bond acceptors (Lipinski definition) is 3. The highest BCUT2D eigenvalue weighted by molar-refractivity contribution is 5.93. The summed E-state index contributed by atoms with van der Waals surface area (Å²) in [6.07, 6.45) is 5.81. The molecule has 20 heavy (non-hydrogen) atoms. The maximum atomic E-state index is 5.39. The second kappa shape index (κ2) is 5.44. The van der Waals surface area contributed by atoms with Crippen LogP contribution in [0.3, 0.4) is 0 Å². The minimum Gasteiger partial charge on any atom is -0.364 e. The van der Waals surface area contributed by atoms with Gasteiger partial charge in [0.05, 0.1) is 5.52 Å². The summed E-state index contributed by atoms with van der Waals surface area (Å²) in [5.74, 6) is 1.12. The first-order chi connectivity index (χ1) is 9.74. The predicted molar refractivity (Wildman–Crippen MR) is 82.3 cm³/mol. The van der Waals surface area contributed by atoms with Gasteiger partial charge in [-0.15, -0.1) is 0 Å². The van der Waals surface area contributed by atoms with Gasteiger partial charge in [0.1, 0.15) is 6.73 Å². The number of aryl methyl sites for hydroxylation is 1. The molecule has 0 aliphatic carbocycles. The number of ether oxygens (including phenoxy) is 1. The van der Waals surface area contributed by atoms with E-state index in [1.807, 2.05) is 6.20 Å². The third-order valence-corrected chi connectivity index (χ3v) is 4.44. The van der Waals surface area contributed by atoms with Crippen LogP contribution in [0.5, 0.6) is 0 Å². The minimum atomic E-state index is 0.586. The quantitative estimate of drug-likeness (QED) is 0.860. The molecule has 0 N–H and O–H groups in total. The number of rotatable bonds is 3. The van der Waals surface area contributed by atoms with Crippen molar-refractivity contribution in [2.24, 2.45) is 0 Å². The van der Waals surface area contributed by atoms with Crippen molar-refractivity contribution in [1.29, 1.82) is 0 Å². The highest BCUT2D eigenvalue weighted by atomic mass is 16.5. The second-order valence-electron chi connectivity index (χ2n) is 5.63. The Bertz CT molecular complexity index is 612. The molecule has 3 heterocycles.